The summed E-state index contributed by atoms with van der Waals surface area (Å²) < 4.78 is 1.98. The standard InChI is InChI=1S/C15H14Br2N2O/c1-10-8-12(16)6-7-14(10)19-15(20)18-9-11-4-2-3-5-13(11)17/h2-8H,9H2,1H3,(H2,18,19,20). The lowest BCUT2D eigenvalue weighted by molar-refractivity contribution is 0.251. The Morgan fingerprint density at radius 2 is 1.90 bits per heavy atom. The van der Waals surface area contributed by atoms with Crippen molar-refractivity contribution >= 4 is 43.6 Å². The molecule has 0 saturated heterocycles. The minimum atomic E-state index is -0.217. The highest BCUT2D eigenvalue weighted by Crippen LogP contribution is 2.20. The monoisotopic (exact) mass is 396 g/mol. The lowest BCUT2D eigenvalue weighted by atomic mass is 10.2. The third kappa shape index (κ3) is 4.08. The van der Waals surface area contributed by atoms with Crippen LogP contribution >= 0.6 is 31.9 Å². The second-order valence-corrected chi connectivity index (χ2v) is 6.13. The van der Waals surface area contributed by atoms with Crippen molar-refractivity contribution in [3.63, 3.8) is 0 Å². The first-order chi connectivity index (χ1) is 9.56. The van der Waals surface area contributed by atoms with Gasteiger partial charge in [0.05, 0.1) is 0 Å². The first-order valence-corrected chi connectivity index (χ1v) is 7.69. The van der Waals surface area contributed by atoms with Gasteiger partial charge < -0.3 is 10.6 Å². The van der Waals surface area contributed by atoms with Crippen LogP contribution in [-0.2, 0) is 6.54 Å². The quantitative estimate of drug-likeness (QED) is 0.764. The van der Waals surface area contributed by atoms with Gasteiger partial charge in [-0.25, -0.2) is 4.79 Å². The Morgan fingerprint density at radius 1 is 1.15 bits per heavy atom. The summed E-state index contributed by atoms with van der Waals surface area (Å²) in [4.78, 5) is 11.9. The van der Waals surface area contributed by atoms with E-state index in [2.05, 4.69) is 42.5 Å². The Balaban J connectivity index is 1.94. The van der Waals surface area contributed by atoms with Crippen molar-refractivity contribution in [2.75, 3.05) is 5.32 Å². The number of carbonyl (C=O) groups excluding carboxylic acids is 1. The number of aryl methyl sites for hydroxylation is 1. The predicted molar refractivity (Wildman–Crippen MR) is 88.9 cm³/mol. The van der Waals surface area contributed by atoms with E-state index >= 15 is 0 Å². The summed E-state index contributed by atoms with van der Waals surface area (Å²) in [6.07, 6.45) is 0. The highest BCUT2D eigenvalue weighted by molar-refractivity contribution is 9.10. The van der Waals surface area contributed by atoms with Gasteiger partial charge in [-0.15, -0.1) is 0 Å². The average molecular weight is 398 g/mol. The second-order valence-electron chi connectivity index (χ2n) is 4.36. The third-order valence-electron chi connectivity index (χ3n) is 2.83. The highest BCUT2D eigenvalue weighted by Gasteiger charge is 2.05. The molecule has 0 aliphatic carbocycles. The molecule has 0 bridgehead atoms. The molecule has 2 amide bonds. The third-order valence-corrected chi connectivity index (χ3v) is 4.10. The van der Waals surface area contributed by atoms with E-state index in [0.717, 1.165) is 25.8 Å². The Morgan fingerprint density at radius 3 is 2.60 bits per heavy atom. The van der Waals surface area contributed by atoms with Gasteiger partial charge in [0.1, 0.15) is 0 Å². The fourth-order valence-corrected chi connectivity index (χ4v) is 2.65. The van der Waals surface area contributed by atoms with Crippen molar-refractivity contribution in [2.24, 2.45) is 0 Å². The molecule has 2 N–H and O–H groups in total. The topological polar surface area (TPSA) is 41.1 Å². The van der Waals surface area contributed by atoms with Crippen molar-refractivity contribution in [1.82, 2.24) is 5.32 Å². The maximum Gasteiger partial charge on any atom is 0.319 e. The molecule has 0 radical (unpaired) electrons. The number of urea groups is 1. The number of hydrogen-bond acceptors (Lipinski definition) is 1. The van der Waals surface area contributed by atoms with E-state index in [-0.39, 0.29) is 6.03 Å². The largest absolute Gasteiger partial charge is 0.334 e. The van der Waals surface area contributed by atoms with Gasteiger partial charge in [-0.3, -0.25) is 0 Å². The molecule has 3 nitrogen and oxygen atoms in total. The van der Waals surface area contributed by atoms with Crippen LogP contribution in [0.1, 0.15) is 11.1 Å². The molecule has 0 heterocycles. The summed E-state index contributed by atoms with van der Waals surface area (Å²) in [5.74, 6) is 0. The van der Waals surface area contributed by atoms with Gasteiger partial charge in [0.2, 0.25) is 0 Å². The zero-order chi connectivity index (χ0) is 14.5. The summed E-state index contributed by atoms with van der Waals surface area (Å²) in [5, 5.41) is 5.68. The summed E-state index contributed by atoms with van der Waals surface area (Å²) in [7, 11) is 0. The van der Waals surface area contributed by atoms with Gasteiger partial charge >= 0.3 is 6.03 Å². The van der Waals surface area contributed by atoms with Crippen LogP contribution in [0.15, 0.2) is 51.4 Å². The molecule has 2 aromatic carbocycles. The SMILES string of the molecule is Cc1cc(Br)ccc1NC(=O)NCc1ccccc1Br. The van der Waals surface area contributed by atoms with Gasteiger partial charge in [-0.1, -0.05) is 50.1 Å². The van der Waals surface area contributed by atoms with Gasteiger partial charge in [0, 0.05) is 21.2 Å². The summed E-state index contributed by atoms with van der Waals surface area (Å²) in [6, 6.07) is 13.3. The van der Waals surface area contributed by atoms with Gasteiger partial charge in [0.15, 0.2) is 0 Å². The van der Waals surface area contributed by atoms with Crippen LogP contribution in [0.4, 0.5) is 10.5 Å². The minimum absolute atomic E-state index is 0.217. The van der Waals surface area contributed by atoms with E-state index in [0.29, 0.717) is 6.54 Å². The number of anilines is 1. The molecule has 0 aliphatic heterocycles. The van der Waals surface area contributed by atoms with E-state index in [1.165, 1.54) is 0 Å². The molecule has 0 spiro atoms. The molecule has 104 valence electrons. The zero-order valence-electron chi connectivity index (χ0n) is 10.9. The maximum atomic E-state index is 11.9. The van der Waals surface area contributed by atoms with Gasteiger partial charge in [-0.05, 0) is 42.3 Å². The molecule has 2 rings (SSSR count). The van der Waals surface area contributed by atoms with Crippen LogP contribution in [0.2, 0.25) is 0 Å². The second kappa shape index (κ2) is 6.90. The van der Waals surface area contributed by atoms with E-state index in [9.17, 15) is 4.79 Å². The molecule has 5 heteroatoms. The van der Waals surface area contributed by atoms with Gasteiger partial charge in [-0.2, -0.15) is 0 Å². The van der Waals surface area contributed by atoms with Crippen LogP contribution < -0.4 is 10.6 Å². The summed E-state index contributed by atoms with van der Waals surface area (Å²) in [5.41, 5.74) is 2.85. The first-order valence-electron chi connectivity index (χ1n) is 6.10. The fraction of sp³-hybridized carbons (Fsp3) is 0.133. The molecule has 0 saturated carbocycles. The van der Waals surface area contributed by atoms with Crippen molar-refractivity contribution in [3.05, 3.63) is 62.5 Å². The molecule has 0 atom stereocenters. The molecule has 0 aromatic heterocycles. The number of rotatable bonds is 3. The Hall–Kier alpha value is -1.33. The van der Waals surface area contributed by atoms with Gasteiger partial charge in [0.25, 0.3) is 0 Å². The number of benzene rings is 2. The molecule has 0 aliphatic rings. The smallest absolute Gasteiger partial charge is 0.319 e. The van der Waals surface area contributed by atoms with Crippen molar-refractivity contribution < 1.29 is 4.79 Å². The van der Waals surface area contributed by atoms with Crippen LogP contribution in [0.25, 0.3) is 0 Å². The predicted octanol–water partition coefficient (Wildman–Crippen LogP) is 4.84. The van der Waals surface area contributed by atoms with E-state index in [4.69, 9.17) is 0 Å². The number of hydrogen-bond donors (Lipinski definition) is 2. The van der Waals surface area contributed by atoms with Crippen molar-refractivity contribution in [3.8, 4) is 0 Å². The van der Waals surface area contributed by atoms with Crippen LogP contribution in [0.5, 0.6) is 0 Å². The number of carbonyl (C=O) groups is 1. The van der Waals surface area contributed by atoms with Crippen molar-refractivity contribution in [2.45, 2.75) is 13.5 Å². The normalized spacial score (nSPS) is 10.2. The van der Waals surface area contributed by atoms with Crippen LogP contribution in [-0.4, -0.2) is 6.03 Å². The molecule has 0 unspecified atom stereocenters. The van der Waals surface area contributed by atoms with Crippen LogP contribution in [0.3, 0.4) is 0 Å². The zero-order valence-corrected chi connectivity index (χ0v) is 14.1. The molecule has 2 aromatic rings. The van der Waals surface area contributed by atoms with E-state index in [1.807, 2.05) is 49.4 Å². The lowest BCUT2D eigenvalue weighted by Gasteiger charge is -2.11. The maximum absolute atomic E-state index is 11.9. The Labute approximate surface area is 135 Å². The molecule has 20 heavy (non-hydrogen) atoms. The van der Waals surface area contributed by atoms with E-state index in [1.54, 1.807) is 0 Å². The molecular formula is C15H14Br2N2O. The first kappa shape index (κ1) is 15.1. The average Bonchev–Trinajstić information content (AvgIpc) is 2.41. The van der Waals surface area contributed by atoms with Crippen LogP contribution in [0, 0.1) is 6.92 Å². The number of halogens is 2. The number of nitrogens with one attached hydrogen (secondary N) is 2. The Bertz CT molecular complexity index is 629. The highest BCUT2D eigenvalue weighted by atomic mass is 79.9. The number of amides is 2. The molecule has 0 fully saturated rings. The summed E-state index contributed by atoms with van der Waals surface area (Å²) >= 11 is 6.85. The minimum Gasteiger partial charge on any atom is -0.334 e. The molecular weight excluding hydrogens is 384 g/mol. The Kier molecular flexibility index (Phi) is 5.20. The summed E-state index contributed by atoms with van der Waals surface area (Å²) in [6.45, 7) is 2.43. The van der Waals surface area contributed by atoms with E-state index < -0.39 is 0 Å². The fourth-order valence-electron chi connectivity index (χ4n) is 1.75. The lowest BCUT2D eigenvalue weighted by Crippen LogP contribution is -2.28. The van der Waals surface area contributed by atoms with Crippen molar-refractivity contribution in [1.29, 1.82) is 0 Å².